The molecule has 0 saturated carbocycles. The van der Waals surface area contributed by atoms with E-state index in [0.29, 0.717) is 31.7 Å². The maximum atomic E-state index is 12.0. The van der Waals surface area contributed by atoms with E-state index in [1.165, 1.54) is 6.08 Å². The molecule has 0 aliphatic heterocycles. The zero-order chi connectivity index (χ0) is 28.0. The second kappa shape index (κ2) is 27.7. The van der Waals surface area contributed by atoms with Crippen molar-refractivity contribution < 1.29 is 150 Å². The summed E-state index contributed by atoms with van der Waals surface area (Å²) in [6.45, 7) is 3.16. The van der Waals surface area contributed by atoms with Gasteiger partial charge in [0.05, 0.1) is 18.4 Å². The first-order chi connectivity index (χ1) is 18.3. The second-order valence-electron chi connectivity index (χ2n) is 8.39. The van der Waals surface area contributed by atoms with Crippen LogP contribution in [-0.2, 0) is 35.1 Å². The second-order valence-corrected chi connectivity index (χ2v) is 8.39. The van der Waals surface area contributed by atoms with Crippen LogP contribution >= 0.6 is 0 Å². The molecule has 1 aromatic rings. The summed E-state index contributed by atoms with van der Waals surface area (Å²) >= 11 is 0. The van der Waals surface area contributed by atoms with E-state index < -0.39 is 24.3 Å². The van der Waals surface area contributed by atoms with Crippen LogP contribution in [0.25, 0.3) is 10.6 Å². The van der Waals surface area contributed by atoms with Crippen molar-refractivity contribution in [3.63, 3.8) is 0 Å². The number of amides is 3. The van der Waals surface area contributed by atoms with E-state index in [2.05, 4.69) is 21.3 Å². The summed E-state index contributed by atoms with van der Waals surface area (Å²) in [5.74, 6) is -1.23. The van der Waals surface area contributed by atoms with Gasteiger partial charge < -0.3 is 45.1 Å². The van der Waals surface area contributed by atoms with Crippen molar-refractivity contribution in [2.75, 3.05) is 40.0 Å². The molecule has 0 aliphatic carbocycles. The van der Waals surface area contributed by atoms with Gasteiger partial charge in [-0.05, 0) is 25.3 Å². The SMILES string of the molecule is CN/C(C)=C\C(=O)Cc1ccc([N-]C(=O)CC(=O)[N-]CCOCCCOC(=O)NCCCCCC=O)cc1.[Rb+].[Rb+]. The quantitative estimate of drug-likeness (QED) is 0.0663. The fourth-order valence-corrected chi connectivity index (χ4v) is 3.06. The van der Waals surface area contributed by atoms with Gasteiger partial charge in [0.25, 0.3) is 0 Å². The Bertz CT molecular complexity index is 928. The number of nitrogens with one attached hydrogen (secondary N) is 2. The summed E-state index contributed by atoms with van der Waals surface area (Å²) in [6, 6.07) is 6.67. The van der Waals surface area contributed by atoms with Gasteiger partial charge in [0.15, 0.2) is 5.78 Å². The number of unbranched alkanes of at least 4 members (excludes halogenated alkanes) is 3. The van der Waals surface area contributed by atoms with Gasteiger partial charge in [-0.15, -0.1) is 12.2 Å². The summed E-state index contributed by atoms with van der Waals surface area (Å²) in [5.41, 5.74) is 1.96. The first-order valence-corrected chi connectivity index (χ1v) is 12.7. The third-order valence-corrected chi connectivity index (χ3v) is 5.10. The Morgan fingerprint density at radius 1 is 0.925 bits per heavy atom. The number of carbonyl (C=O) groups is 5. The molecule has 0 spiro atoms. The molecule has 0 aromatic heterocycles. The fraction of sp³-hybridized carbons (Fsp3) is 0.519. The average Bonchev–Trinajstić information content (AvgIpc) is 2.88. The first-order valence-electron chi connectivity index (χ1n) is 12.7. The summed E-state index contributed by atoms with van der Waals surface area (Å²) in [6.07, 6.45) is 5.24. The molecule has 1 aromatic carbocycles. The smallest absolute Gasteiger partial charge is 0.651 e. The van der Waals surface area contributed by atoms with Gasteiger partial charge in [0.2, 0.25) is 0 Å². The van der Waals surface area contributed by atoms with Crippen molar-refractivity contribution in [1.82, 2.24) is 10.6 Å². The number of nitrogens with zero attached hydrogens (tertiary/aromatic N) is 2. The molecule has 0 bridgehead atoms. The monoisotopic (exact) mass is 700 g/mol. The van der Waals surface area contributed by atoms with E-state index in [4.69, 9.17) is 9.47 Å². The third-order valence-electron chi connectivity index (χ3n) is 5.10. The van der Waals surface area contributed by atoms with Crippen molar-refractivity contribution in [3.05, 3.63) is 52.2 Å². The number of carbonyl (C=O) groups excluding carboxylic acids is 5. The maximum Gasteiger partial charge on any atom is 1.00 e. The molecule has 0 aliphatic rings. The molecule has 210 valence electrons. The van der Waals surface area contributed by atoms with Crippen LogP contribution in [0.4, 0.5) is 10.5 Å². The zero-order valence-corrected chi connectivity index (χ0v) is 34.0. The Morgan fingerprint density at radius 2 is 1.65 bits per heavy atom. The predicted octanol–water partition coefficient (Wildman–Crippen LogP) is -2.36. The van der Waals surface area contributed by atoms with E-state index >= 15 is 0 Å². The maximum absolute atomic E-state index is 12.0. The van der Waals surface area contributed by atoms with Gasteiger partial charge in [-0.2, -0.15) is 0 Å². The van der Waals surface area contributed by atoms with Crippen LogP contribution in [0.2, 0.25) is 0 Å². The van der Waals surface area contributed by atoms with E-state index in [9.17, 15) is 24.0 Å². The Hall–Kier alpha value is -0.120. The molecule has 0 saturated heterocycles. The van der Waals surface area contributed by atoms with Crippen LogP contribution < -0.4 is 127 Å². The zero-order valence-electron chi connectivity index (χ0n) is 24.2. The summed E-state index contributed by atoms with van der Waals surface area (Å²) in [4.78, 5) is 57.6. The topological polar surface area (TPSA) is 156 Å². The fourth-order valence-electron chi connectivity index (χ4n) is 3.06. The molecule has 3 amide bonds. The molecule has 2 N–H and O–H groups in total. The Labute approximate surface area is 334 Å². The number of aldehydes is 1. The number of benzene rings is 1. The summed E-state index contributed by atoms with van der Waals surface area (Å²) in [5, 5.41) is 13.2. The average molecular weight is 702 g/mol. The number of alkyl carbamates (subject to hydrolysis) is 1. The molecule has 40 heavy (non-hydrogen) atoms. The molecular formula is C27H38N4O7Rb2. The molecule has 11 nitrogen and oxygen atoms in total. The van der Waals surface area contributed by atoms with E-state index in [-0.39, 0.29) is 148 Å². The Kier molecular flexibility index (Phi) is 29.1. The first kappa shape index (κ1) is 42.0. The largest absolute Gasteiger partial charge is 1.00 e. The molecule has 1 rings (SSSR count). The van der Waals surface area contributed by atoms with Gasteiger partial charge in [0.1, 0.15) is 6.29 Å². The van der Waals surface area contributed by atoms with Crippen molar-refractivity contribution in [2.45, 2.75) is 51.9 Å². The van der Waals surface area contributed by atoms with Gasteiger partial charge in [0, 0.05) is 64.3 Å². The predicted molar refractivity (Wildman–Crippen MR) is 143 cm³/mol. The van der Waals surface area contributed by atoms with Crippen LogP contribution in [-0.4, -0.2) is 69.9 Å². The Morgan fingerprint density at radius 3 is 2.33 bits per heavy atom. The molecule has 0 radical (unpaired) electrons. The van der Waals surface area contributed by atoms with Crippen LogP contribution in [0, 0.1) is 0 Å². The minimum Gasteiger partial charge on any atom is -0.651 e. The molecule has 0 fully saturated rings. The molecular weight excluding hydrogens is 663 g/mol. The van der Waals surface area contributed by atoms with Crippen molar-refractivity contribution in [3.8, 4) is 0 Å². The van der Waals surface area contributed by atoms with Crippen LogP contribution in [0.1, 0.15) is 51.0 Å². The van der Waals surface area contributed by atoms with Crippen molar-refractivity contribution in [1.29, 1.82) is 0 Å². The van der Waals surface area contributed by atoms with Crippen molar-refractivity contribution in [2.24, 2.45) is 0 Å². The minimum atomic E-state index is -0.604. The number of rotatable bonds is 20. The number of hydrogen-bond donors (Lipinski definition) is 2. The van der Waals surface area contributed by atoms with E-state index in [1.807, 2.05) is 0 Å². The summed E-state index contributed by atoms with van der Waals surface area (Å²) < 4.78 is 10.4. The number of ketones is 1. The van der Waals surface area contributed by atoms with Gasteiger partial charge in [-0.3, -0.25) is 4.79 Å². The normalized spacial score (nSPS) is 10.3. The molecule has 0 unspecified atom stereocenters. The molecule has 13 heteroatoms. The van der Waals surface area contributed by atoms with Gasteiger partial charge in [-0.1, -0.05) is 30.7 Å². The van der Waals surface area contributed by atoms with Crippen LogP contribution in [0.3, 0.4) is 0 Å². The standard InChI is InChI=1S/C27H40N4O7.2Rb/c1-21(28-2)18-24(33)19-22-8-10-23(11-9-22)31-26(35)20-25(34)29-13-17-37-15-7-16-38-27(36)30-12-5-3-4-6-14-32;;/h8-11,14,18H,3-7,12-13,15-17,19-20H2,1-2H3,(H4,28,29,30,31,33,34,35,36);;/q;2*+1/p-2. The van der Waals surface area contributed by atoms with Gasteiger partial charge in [-0.25, -0.2) is 4.79 Å². The van der Waals surface area contributed by atoms with Crippen LogP contribution in [0.5, 0.6) is 0 Å². The van der Waals surface area contributed by atoms with Crippen LogP contribution in [0.15, 0.2) is 36.0 Å². The Balaban J connectivity index is 0. The number of ether oxygens (including phenoxy) is 2. The molecule has 0 heterocycles. The number of allylic oxidation sites excluding steroid dienone is 2. The molecule has 0 atom stereocenters. The van der Waals surface area contributed by atoms with Crippen molar-refractivity contribution >= 4 is 35.7 Å². The number of hydrogen-bond acceptors (Lipinski definition) is 8. The minimum absolute atomic E-state index is 0. The van der Waals surface area contributed by atoms with Gasteiger partial charge >= 0.3 is 122 Å². The third kappa shape index (κ3) is 23.4. The van der Waals surface area contributed by atoms with E-state index in [1.54, 1.807) is 38.2 Å². The summed E-state index contributed by atoms with van der Waals surface area (Å²) in [7, 11) is 1.74. The van der Waals surface area contributed by atoms with E-state index in [0.717, 1.165) is 36.8 Å².